The van der Waals surface area contributed by atoms with Crippen LogP contribution >= 0.6 is 11.8 Å². The SMILES string of the molecule is CC(C)(C)c1ccc(-c2nnc(SCC(=O)NC3(C#N)CCCC3)n2N)cc1. The fourth-order valence-electron chi connectivity index (χ4n) is 3.37. The lowest BCUT2D eigenvalue weighted by molar-refractivity contribution is -0.119. The molecule has 1 aromatic carbocycles. The van der Waals surface area contributed by atoms with Crippen LogP contribution in [0, 0.1) is 11.3 Å². The molecule has 1 amide bonds. The van der Waals surface area contributed by atoms with Gasteiger partial charge in [0.15, 0.2) is 5.82 Å². The van der Waals surface area contributed by atoms with E-state index in [1.54, 1.807) is 0 Å². The number of nitriles is 1. The summed E-state index contributed by atoms with van der Waals surface area (Å²) in [6.07, 6.45) is 3.36. The molecule has 1 fully saturated rings. The highest BCUT2D eigenvalue weighted by Crippen LogP contribution is 2.29. The van der Waals surface area contributed by atoms with Crippen LogP contribution in [-0.2, 0) is 10.2 Å². The number of aromatic nitrogens is 3. The van der Waals surface area contributed by atoms with Crippen molar-refractivity contribution in [2.45, 2.75) is 62.6 Å². The van der Waals surface area contributed by atoms with E-state index in [0.29, 0.717) is 23.8 Å². The Hall–Kier alpha value is -2.53. The fourth-order valence-corrected chi connectivity index (χ4v) is 4.02. The van der Waals surface area contributed by atoms with Crippen molar-refractivity contribution >= 4 is 17.7 Å². The van der Waals surface area contributed by atoms with Crippen LogP contribution < -0.4 is 11.2 Å². The van der Waals surface area contributed by atoms with Crippen molar-refractivity contribution in [2.24, 2.45) is 0 Å². The summed E-state index contributed by atoms with van der Waals surface area (Å²) in [4.78, 5) is 12.3. The maximum atomic E-state index is 12.3. The lowest BCUT2D eigenvalue weighted by Crippen LogP contribution is -2.45. The number of carbonyl (C=O) groups is 1. The summed E-state index contributed by atoms with van der Waals surface area (Å²) in [5.41, 5.74) is 1.45. The molecule has 1 aliphatic rings. The lowest BCUT2D eigenvalue weighted by atomic mass is 9.87. The molecule has 0 atom stereocenters. The molecular weight excluding hydrogens is 372 g/mol. The second-order valence-corrected chi connectivity index (χ2v) is 9.18. The van der Waals surface area contributed by atoms with E-state index < -0.39 is 5.54 Å². The molecule has 1 heterocycles. The van der Waals surface area contributed by atoms with Crippen LogP contribution in [0.25, 0.3) is 11.4 Å². The summed E-state index contributed by atoms with van der Waals surface area (Å²) in [5.74, 6) is 6.65. The number of nitrogens with two attached hydrogens (primary N) is 1. The Balaban J connectivity index is 1.65. The van der Waals surface area contributed by atoms with Crippen molar-refractivity contribution in [3.63, 3.8) is 0 Å². The zero-order valence-corrected chi connectivity index (χ0v) is 17.3. The second-order valence-electron chi connectivity index (χ2n) is 8.24. The zero-order chi connectivity index (χ0) is 20.4. The van der Waals surface area contributed by atoms with Gasteiger partial charge in [-0.1, -0.05) is 56.8 Å². The average Bonchev–Trinajstić information content (AvgIpc) is 3.27. The number of thioether (sulfide) groups is 1. The highest BCUT2D eigenvalue weighted by molar-refractivity contribution is 7.99. The molecule has 1 aromatic heterocycles. The number of nitrogens with one attached hydrogen (secondary N) is 1. The number of benzene rings is 1. The molecule has 8 heteroatoms. The summed E-state index contributed by atoms with van der Waals surface area (Å²) in [5, 5.41) is 21.0. The molecule has 0 bridgehead atoms. The van der Waals surface area contributed by atoms with Gasteiger partial charge in [-0.15, -0.1) is 10.2 Å². The van der Waals surface area contributed by atoms with E-state index in [1.807, 2.05) is 12.1 Å². The number of nitrogen functional groups attached to an aromatic ring is 1. The van der Waals surface area contributed by atoms with Gasteiger partial charge in [-0.3, -0.25) is 4.79 Å². The number of carbonyl (C=O) groups excluding carboxylic acids is 1. The Morgan fingerprint density at radius 1 is 1.29 bits per heavy atom. The summed E-state index contributed by atoms with van der Waals surface area (Å²) < 4.78 is 1.40. The summed E-state index contributed by atoms with van der Waals surface area (Å²) in [6, 6.07) is 10.3. The van der Waals surface area contributed by atoms with E-state index in [4.69, 9.17) is 5.84 Å². The van der Waals surface area contributed by atoms with Gasteiger partial charge < -0.3 is 11.2 Å². The molecule has 0 spiro atoms. The van der Waals surface area contributed by atoms with E-state index in [1.165, 1.54) is 22.0 Å². The predicted octanol–water partition coefficient (Wildman–Crippen LogP) is 3.00. The molecule has 2 aromatic rings. The smallest absolute Gasteiger partial charge is 0.231 e. The third-order valence-corrected chi connectivity index (χ3v) is 6.00. The third kappa shape index (κ3) is 4.30. The van der Waals surface area contributed by atoms with Crippen molar-refractivity contribution in [2.75, 3.05) is 11.6 Å². The van der Waals surface area contributed by atoms with Crippen molar-refractivity contribution in [3.05, 3.63) is 29.8 Å². The average molecular weight is 399 g/mol. The van der Waals surface area contributed by atoms with Gasteiger partial charge in [0.2, 0.25) is 11.1 Å². The standard InChI is InChI=1S/C20H26N6OS/c1-19(2,3)15-8-6-14(7-9-15)17-24-25-18(26(17)22)28-12-16(27)23-20(13-21)10-4-5-11-20/h6-9H,4-5,10-12,22H2,1-3H3,(H,23,27). The molecule has 0 saturated heterocycles. The van der Waals surface area contributed by atoms with Crippen LogP contribution in [0.5, 0.6) is 0 Å². The van der Waals surface area contributed by atoms with Crippen molar-refractivity contribution in [1.29, 1.82) is 5.26 Å². The normalized spacial score (nSPS) is 15.9. The van der Waals surface area contributed by atoms with Crippen LogP contribution in [0.15, 0.2) is 29.4 Å². The molecule has 1 aliphatic carbocycles. The molecule has 3 rings (SSSR count). The van der Waals surface area contributed by atoms with Crippen LogP contribution in [0.1, 0.15) is 52.0 Å². The first-order valence-electron chi connectivity index (χ1n) is 9.41. The van der Waals surface area contributed by atoms with Gasteiger partial charge in [0, 0.05) is 5.56 Å². The summed E-state index contributed by atoms with van der Waals surface area (Å²) >= 11 is 1.21. The maximum Gasteiger partial charge on any atom is 0.231 e. The minimum absolute atomic E-state index is 0.0728. The van der Waals surface area contributed by atoms with Gasteiger partial charge in [-0.05, 0) is 36.7 Å². The zero-order valence-electron chi connectivity index (χ0n) is 16.5. The Bertz CT molecular complexity index is 885. The molecule has 148 valence electrons. The van der Waals surface area contributed by atoms with E-state index >= 15 is 0 Å². The molecule has 0 unspecified atom stereocenters. The van der Waals surface area contributed by atoms with Crippen molar-refractivity contribution < 1.29 is 4.79 Å². The van der Waals surface area contributed by atoms with Crippen molar-refractivity contribution in [1.82, 2.24) is 20.2 Å². The van der Waals surface area contributed by atoms with Crippen molar-refractivity contribution in [3.8, 4) is 17.5 Å². The van der Waals surface area contributed by atoms with E-state index in [-0.39, 0.29) is 17.1 Å². The van der Waals surface area contributed by atoms with Crippen LogP contribution in [0.3, 0.4) is 0 Å². The first-order valence-corrected chi connectivity index (χ1v) is 10.4. The van der Waals surface area contributed by atoms with Gasteiger partial charge in [0.25, 0.3) is 0 Å². The van der Waals surface area contributed by atoms with Crippen LogP contribution in [0.4, 0.5) is 0 Å². The Labute approximate surface area is 169 Å². The van der Waals surface area contributed by atoms with Gasteiger partial charge in [0.05, 0.1) is 11.8 Å². The largest absolute Gasteiger partial charge is 0.337 e. The number of hydrogen-bond donors (Lipinski definition) is 2. The highest BCUT2D eigenvalue weighted by atomic mass is 32.2. The quantitative estimate of drug-likeness (QED) is 0.592. The molecule has 28 heavy (non-hydrogen) atoms. The molecule has 0 radical (unpaired) electrons. The number of rotatable bonds is 5. The summed E-state index contributed by atoms with van der Waals surface area (Å²) in [6.45, 7) is 6.49. The van der Waals surface area contributed by atoms with Gasteiger partial charge >= 0.3 is 0 Å². The lowest BCUT2D eigenvalue weighted by Gasteiger charge is -2.21. The Morgan fingerprint density at radius 3 is 2.50 bits per heavy atom. The number of nitrogens with zero attached hydrogens (tertiary/aromatic N) is 4. The molecule has 1 saturated carbocycles. The maximum absolute atomic E-state index is 12.3. The molecular formula is C20H26N6OS. The summed E-state index contributed by atoms with van der Waals surface area (Å²) in [7, 11) is 0. The first kappa shape index (κ1) is 20.2. The van der Waals surface area contributed by atoms with Gasteiger partial charge in [0.1, 0.15) is 5.54 Å². The Morgan fingerprint density at radius 2 is 1.93 bits per heavy atom. The molecule has 3 N–H and O–H groups in total. The fraction of sp³-hybridized carbons (Fsp3) is 0.500. The third-order valence-electron chi connectivity index (χ3n) is 5.06. The molecule has 7 nitrogen and oxygen atoms in total. The van der Waals surface area contributed by atoms with Gasteiger partial charge in [-0.25, -0.2) is 4.68 Å². The van der Waals surface area contributed by atoms with Gasteiger partial charge in [-0.2, -0.15) is 5.26 Å². The number of hydrogen-bond acceptors (Lipinski definition) is 6. The number of amides is 1. The van der Waals surface area contributed by atoms with Crippen LogP contribution in [-0.4, -0.2) is 32.1 Å². The monoisotopic (exact) mass is 398 g/mol. The minimum atomic E-state index is -0.714. The van der Waals surface area contributed by atoms with Crippen LogP contribution in [0.2, 0.25) is 0 Å². The molecule has 0 aliphatic heterocycles. The minimum Gasteiger partial charge on any atom is -0.337 e. The first-order chi connectivity index (χ1) is 13.2. The Kier molecular flexibility index (Phi) is 5.66. The highest BCUT2D eigenvalue weighted by Gasteiger charge is 2.35. The van der Waals surface area contributed by atoms with E-state index in [9.17, 15) is 10.1 Å². The van der Waals surface area contributed by atoms with E-state index in [0.717, 1.165) is 18.4 Å². The topological polar surface area (TPSA) is 110 Å². The van der Waals surface area contributed by atoms with E-state index in [2.05, 4.69) is 54.5 Å². The predicted molar refractivity (Wildman–Crippen MR) is 110 cm³/mol. The second kappa shape index (κ2) is 7.84.